The first-order valence-electron chi connectivity index (χ1n) is 6.34. The summed E-state index contributed by atoms with van der Waals surface area (Å²) >= 11 is 7.15. The molecular weight excluding hydrogens is 326 g/mol. The van der Waals surface area contributed by atoms with Crippen molar-refractivity contribution in [1.82, 2.24) is 4.98 Å². The maximum Gasteiger partial charge on any atom is 0.140 e. The molecule has 1 aromatic carbocycles. The van der Waals surface area contributed by atoms with Crippen LogP contribution >= 0.6 is 22.9 Å². The fourth-order valence-electron chi connectivity index (χ4n) is 1.65. The van der Waals surface area contributed by atoms with Crippen LogP contribution in [0.15, 0.2) is 41.3 Å². The highest BCUT2D eigenvalue weighted by Gasteiger charge is 2.08. The lowest BCUT2D eigenvalue weighted by atomic mass is 10.2. The standard InChI is InChI=1S/C15H16ClNO2S2/c1-11-3-5-14(6-4-11)19-7-15-17-13(8-20-15)10-21(18)9-12(2)16/h3-6,8H,2,7,9-10H2,1H3/t21-/m0/s1. The zero-order valence-corrected chi connectivity index (χ0v) is 14.1. The summed E-state index contributed by atoms with van der Waals surface area (Å²) in [7, 11) is -1.06. The van der Waals surface area contributed by atoms with Crippen molar-refractivity contribution in [3.05, 3.63) is 57.5 Å². The van der Waals surface area contributed by atoms with Gasteiger partial charge in [0.2, 0.25) is 0 Å². The van der Waals surface area contributed by atoms with E-state index in [1.54, 1.807) is 0 Å². The fraction of sp³-hybridized carbons (Fsp3) is 0.267. The van der Waals surface area contributed by atoms with Gasteiger partial charge in [-0.25, -0.2) is 4.98 Å². The Morgan fingerprint density at radius 2 is 2.14 bits per heavy atom. The number of hydrogen-bond donors (Lipinski definition) is 0. The Kier molecular flexibility index (Phi) is 5.96. The number of rotatable bonds is 7. The van der Waals surface area contributed by atoms with Gasteiger partial charge in [0, 0.05) is 21.2 Å². The van der Waals surface area contributed by atoms with Crippen molar-refractivity contribution in [2.75, 3.05) is 5.75 Å². The van der Waals surface area contributed by atoms with Gasteiger partial charge in [-0.05, 0) is 19.1 Å². The third-order valence-electron chi connectivity index (χ3n) is 2.61. The van der Waals surface area contributed by atoms with Crippen LogP contribution in [0.3, 0.4) is 0 Å². The van der Waals surface area contributed by atoms with E-state index in [0.717, 1.165) is 16.5 Å². The maximum atomic E-state index is 11.7. The molecule has 112 valence electrons. The topological polar surface area (TPSA) is 39.2 Å². The van der Waals surface area contributed by atoms with Crippen LogP contribution < -0.4 is 4.74 Å². The SMILES string of the molecule is C=C(Cl)C[S@](=O)Cc1csc(COc2ccc(C)cc2)n1. The van der Waals surface area contributed by atoms with E-state index in [9.17, 15) is 4.21 Å². The van der Waals surface area contributed by atoms with E-state index in [1.165, 1.54) is 16.9 Å². The number of ether oxygens (including phenoxy) is 1. The van der Waals surface area contributed by atoms with E-state index in [0.29, 0.717) is 23.1 Å². The second kappa shape index (κ2) is 7.73. The Bertz CT molecular complexity index is 637. The lowest BCUT2D eigenvalue weighted by molar-refractivity contribution is 0.305. The minimum absolute atomic E-state index is 0.300. The van der Waals surface area contributed by atoms with Gasteiger partial charge < -0.3 is 4.74 Å². The normalized spacial score (nSPS) is 12.1. The van der Waals surface area contributed by atoms with Gasteiger partial charge >= 0.3 is 0 Å². The minimum atomic E-state index is -1.06. The van der Waals surface area contributed by atoms with Gasteiger partial charge in [0.15, 0.2) is 0 Å². The average molecular weight is 342 g/mol. The predicted octanol–water partition coefficient (Wildman–Crippen LogP) is 4.03. The molecule has 0 aliphatic rings. The fourth-order valence-corrected chi connectivity index (χ4v) is 3.76. The molecule has 0 fully saturated rings. The molecule has 0 bridgehead atoms. The van der Waals surface area contributed by atoms with Crippen molar-refractivity contribution >= 4 is 33.7 Å². The van der Waals surface area contributed by atoms with Crippen LogP contribution in [0.2, 0.25) is 0 Å². The molecule has 0 spiro atoms. The highest BCUT2D eigenvalue weighted by Crippen LogP contribution is 2.17. The molecule has 1 aromatic heterocycles. The third-order valence-corrected chi connectivity index (χ3v) is 5.06. The second-order valence-electron chi connectivity index (χ2n) is 4.58. The summed E-state index contributed by atoms with van der Waals surface area (Å²) in [5.41, 5.74) is 2.00. The average Bonchev–Trinajstić information content (AvgIpc) is 2.84. The van der Waals surface area contributed by atoms with E-state index in [4.69, 9.17) is 16.3 Å². The van der Waals surface area contributed by atoms with E-state index in [1.807, 2.05) is 36.6 Å². The molecule has 0 saturated heterocycles. The Morgan fingerprint density at radius 3 is 2.81 bits per heavy atom. The van der Waals surface area contributed by atoms with Crippen molar-refractivity contribution in [2.24, 2.45) is 0 Å². The Hall–Kier alpha value is -1.17. The molecule has 2 rings (SSSR count). The monoisotopic (exact) mass is 341 g/mol. The highest BCUT2D eigenvalue weighted by molar-refractivity contribution is 7.84. The van der Waals surface area contributed by atoms with Gasteiger partial charge in [0.25, 0.3) is 0 Å². The third kappa shape index (κ3) is 5.61. The van der Waals surface area contributed by atoms with Crippen LogP contribution in [0.1, 0.15) is 16.3 Å². The van der Waals surface area contributed by atoms with E-state index in [2.05, 4.69) is 11.6 Å². The summed E-state index contributed by atoms with van der Waals surface area (Å²) in [4.78, 5) is 4.42. The van der Waals surface area contributed by atoms with Gasteiger partial charge in [-0.15, -0.1) is 11.3 Å². The van der Waals surface area contributed by atoms with Crippen LogP contribution in [0, 0.1) is 6.92 Å². The molecule has 21 heavy (non-hydrogen) atoms. The molecule has 0 amide bonds. The molecule has 0 unspecified atom stereocenters. The molecule has 1 atom stereocenters. The summed E-state index contributed by atoms with van der Waals surface area (Å²) in [6, 6.07) is 7.88. The first-order chi connectivity index (χ1) is 10.0. The Balaban J connectivity index is 1.86. The van der Waals surface area contributed by atoms with Crippen LogP contribution in [0.25, 0.3) is 0 Å². The summed E-state index contributed by atoms with van der Waals surface area (Å²) in [6.45, 7) is 6.00. The molecule has 0 radical (unpaired) electrons. The van der Waals surface area contributed by atoms with Crippen molar-refractivity contribution < 1.29 is 8.95 Å². The molecule has 0 N–H and O–H groups in total. The van der Waals surface area contributed by atoms with Crippen molar-refractivity contribution in [1.29, 1.82) is 0 Å². The first-order valence-corrected chi connectivity index (χ1v) is 9.08. The van der Waals surface area contributed by atoms with Gasteiger partial charge in [-0.1, -0.05) is 35.9 Å². The Labute approximate surface area is 136 Å². The molecule has 0 saturated carbocycles. The molecule has 0 aliphatic carbocycles. The summed E-state index contributed by atoms with van der Waals surface area (Å²) in [6.07, 6.45) is 0. The van der Waals surface area contributed by atoms with Gasteiger partial charge in [0.1, 0.15) is 17.4 Å². The number of aryl methyl sites for hydroxylation is 1. The van der Waals surface area contributed by atoms with Gasteiger partial charge in [0.05, 0.1) is 17.2 Å². The number of aromatic nitrogens is 1. The second-order valence-corrected chi connectivity index (χ2v) is 7.51. The summed E-state index contributed by atoms with van der Waals surface area (Å²) in [5.74, 6) is 1.51. The van der Waals surface area contributed by atoms with Gasteiger partial charge in [-0.3, -0.25) is 4.21 Å². The minimum Gasteiger partial charge on any atom is -0.486 e. The summed E-state index contributed by atoms with van der Waals surface area (Å²) < 4.78 is 17.4. The largest absolute Gasteiger partial charge is 0.486 e. The summed E-state index contributed by atoms with van der Waals surface area (Å²) in [5, 5.41) is 3.18. The number of thiazole rings is 1. The first kappa shape index (κ1) is 16.2. The van der Waals surface area contributed by atoms with Crippen LogP contribution in [-0.4, -0.2) is 14.9 Å². The maximum absolute atomic E-state index is 11.7. The molecule has 2 aromatic rings. The molecule has 0 aliphatic heterocycles. The smallest absolute Gasteiger partial charge is 0.140 e. The number of benzene rings is 1. The number of nitrogens with zero attached hydrogens (tertiary/aromatic N) is 1. The van der Waals surface area contributed by atoms with Crippen molar-refractivity contribution in [3.8, 4) is 5.75 Å². The zero-order chi connectivity index (χ0) is 15.2. The quantitative estimate of drug-likeness (QED) is 0.763. The number of halogens is 1. The molecule has 1 heterocycles. The highest BCUT2D eigenvalue weighted by atomic mass is 35.5. The van der Waals surface area contributed by atoms with Crippen LogP contribution in [0.4, 0.5) is 0 Å². The van der Waals surface area contributed by atoms with Crippen LogP contribution in [0.5, 0.6) is 5.75 Å². The zero-order valence-electron chi connectivity index (χ0n) is 11.7. The molecular formula is C15H16ClNO2S2. The molecule has 3 nitrogen and oxygen atoms in total. The van der Waals surface area contributed by atoms with Crippen molar-refractivity contribution in [3.63, 3.8) is 0 Å². The van der Waals surface area contributed by atoms with Gasteiger partial charge in [-0.2, -0.15) is 0 Å². The number of hydrogen-bond acceptors (Lipinski definition) is 4. The van der Waals surface area contributed by atoms with E-state index in [-0.39, 0.29) is 0 Å². The van der Waals surface area contributed by atoms with E-state index < -0.39 is 10.8 Å². The lowest BCUT2D eigenvalue weighted by Crippen LogP contribution is -2.01. The van der Waals surface area contributed by atoms with Crippen molar-refractivity contribution in [2.45, 2.75) is 19.3 Å². The predicted molar refractivity (Wildman–Crippen MR) is 89.3 cm³/mol. The van der Waals surface area contributed by atoms with E-state index >= 15 is 0 Å². The van der Waals surface area contributed by atoms with Crippen LogP contribution in [-0.2, 0) is 23.2 Å². The Morgan fingerprint density at radius 1 is 1.43 bits per heavy atom. The lowest BCUT2D eigenvalue weighted by Gasteiger charge is -2.03. The molecule has 6 heteroatoms.